The molecule has 0 radical (unpaired) electrons. The van der Waals surface area contributed by atoms with Crippen molar-refractivity contribution in [2.24, 2.45) is 0 Å². The molecule has 1 saturated heterocycles. The van der Waals surface area contributed by atoms with Crippen molar-refractivity contribution in [2.45, 2.75) is 25.7 Å². The van der Waals surface area contributed by atoms with Crippen molar-refractivity contribution in [3.8, 4) is 0 Å². The third kappa shape index (κ3) is 2.78. The highest BCUT2D eigenvalue weighted by Gasteiger charge is 2.29. The first kappa shape index (κ1) is 13.2. The van der Waals surface area contributed by atoms with Gasteiger partial charge in [0.05, 0.1) is 11.4 Å². The van der Waals surface area contributed by atoms with Crippen molar-refractivity contribution in [3.05, 3.63) is 18.0 Å². The fraction of sp³-hybridized carbons (Fsp3) is 0.636. The van der Waals surface area contributed by atoms with Gasteiger partial charge in [-0.3, -0.25) is 0 Å². The summed E-state index contributed by atoms with van der Waals surface area (Å²) >= 11 is 0. The number of aromatic nitrogens is 2. The lowest BCUT2D eigenvalue weighted by molar-refractivity contribution is 0.313. The van der Waals surface area contributed by atoms with Gasteiger partial charge in [0.1, 0.15) is 0 Å². The number of hydrogen-bond donors (Lipinski definition) is 1. The van der Waals surface area contributed by atoms with E-state index in [-0.39, 0.29) is 17.6 Å². The summed E-state index contributed by atoms with van der Waals surface area (Å²) in [7, 11) is -3.11. The molecule has 0 bridgehead atoms. The van der Waals surface area contributed by atoms with Gasteiger partial charge < -0.3 is 5.73 Å². The largest absolute Gasteiger partial charge is 0.368 e. The van der Waals surface area contributed by atoms with E-state index in [1.54, 1.807) is 17.4 Å². The highest BCUT2D eigenvalue weighted by Crippen LogP contribution is 2.27. The predicted octanol–water partition coefficient (Wildman–Crippen LogP) is 0.588. The van der Waals surface area contributed by atoms with Gasteiger partial charge >= 0.3 is 0 Å². The summed E-state index contributed by atoms with van der Waals surface area (Å²) < 4.78 is 25.3. The molecule has 18 heavy (non-hydrogen) atoms. The van der Waals surface area contributed by atoms with Gasteiger partial charge in [-0.05, 0) is 25.8 Å². The summed E-state index contributed by atoms with van der Waals surface area (Å²) in [6.45, 7) is 2.77. The van der Waals surface area contributed by atoms with Gasteiger partial charge in [0.15, 0.2) is 0 Å². The Hall–Kier alpha value is -1.21. The molecule has 1 unspecified atom stereocenters. The van der Waals surface area contributed by atoms with Crippen molar-refractivity contribution in [1.29, 1.82) is 0 Å². The SMILES string of the molecule is CCS(=O)(=O)N1CCCC(c2ccnc(N)n2)C1. The number of anilines is 1. The van der Waals surface area contributed by atoms with Crippen LogP contribution in [0, 0.1) is 0 Å². The molecule has 1 aliphatic heterocycles. The molecule has 2 heterocycles. The number of piperidine rings is 1. The van der Waals surface area contributed by atoms with E-state index in [0.717, 1.165) is 18.5 Å². The molecule has 0 amide bonds. The van der Waals surface area contributed by atoms with Crippen molar-refractivity contribution >= 4 is 16.0 Å². The van der Waals surface area contributed by atoms with E-state index >= 15 is 0 Å². The molecule has 0 spiro atoms. The molecule has 1 aromatic rings. The first-order valence-electron chi connectivity index (χ1n) is 6.09. The van der Waals surface area contributed by atoms with Gasteiger partial charge in [0.2, 0.25) is 16.0 Å². The van der Waals surface area contributed by atoms with Crippen LogP contribution in [-0.4, -0.2) is 41.5 Å². The minimum atomic E-state index is -3.11. The van der Waals surface area contributed by atoms with E-state index in [0.29, 0.717) is 13.1 Å². The quantitative estimate of drug-likeness (QED) is 0.868. The molecule has 0 aromatic carbocycles. The number of hydrogen-bond acceptors (Lipinski definition) is 5. The molecular formula is C11H18N4O2S. The lowest BCUT2D eigenvalue weighted by Gasteiger charge is -2.31. The lowest BCUT2D eigenvalue weighted by Crippen LogP contribution is -2.40. The average Bonchev–Trinajstić information content (AvgIpc) is 2.39. The maximum atomic E-state index is 11.9. The van der Waals surface area contributed by atoms with Crippen LogP contribution in [0.3, 0.4) is 0 Å². The minimum Gasteiger partial charge on any atom is -0.368 e. The Morgan fingerprint density at radius 3 is 3.00 bits per heavy atom. The normalized spacial score (nSPS) is 21.9. The summed E-state index contributed by atoms with van der Waals surface area (Å²) in [4.78, 5) is 8.04. The number of rotatable bonds is 3. The Bertz CT molecular complexity index is 518. The third-order valence-corrected chi connectivity index (χ3v) is 5.10. The van der Waals surface area contributed by atoms with E-state index in [2.05, 4.69) is 9.97 Å². The smallest absolute Gasteiger partial charge is 0.220 e. The summed E-state index contributed by atoms with van der Waals surface area (Å²) in [5.74, 6) is 0.499. The molecule has 0 saturated carbocycles. The van der Waals surface area contributed by atoms with Crippen LogP contribution in [0.4, 0.5) is 5.95 Å². The van der Waals surface area contributed by atoms with Crippen LogP contribution in [0.25, 0.3) is 0 Å². The van der Waals surface area contributed by atoms with Crippen LogP contribution in [0.15, 0.2) is 12.3 Å². The van der Waals surface area contributed by atoms with Gasteiger partial charge in [-0.1, -0.05) is 0 Å². The third-order valence-electron chi connectivity index (χ3n) is 3.26. The van der Waals surface area contributed by atoms with E-state index < -0.39 is 10.0 Å². The van der Waals surface area contributed by atoms with E-state index in [9.17, 15) is 8.42 Å². The molecule has 1 aromatic heterocycles. The Morgan fingerprint density at radius 2 is 2.33 bits per heavy atom. The Balaban J connectivity index is 2.17. The Kier molecular flexibility index (Phi) is 3.82. The summed E-state index contributed by atoms with van der Waals surface area (Å²) in [5.41, 5.74) is 6.39. The zero-order chi connectivity index (χ0) is 13.2. The number of nitrogen functional groups attached to an aromatic ring is 1. The fourth-order valence-corrected chi connectivity index (χ4v) is 3.41. The topological polar surface area (TPSA) is 89.2 Å². The fourth-order valence-electron chi connectivity index (χ4n) is 2.23. The summed E-state index contributed by atoms with van der Waals surface area (Å²) in [5, 5.41) is 0. The van der Waals surface area contributed by atoms with E-state index in [4.69, 9.17) is 5.73 Å². The minimum absolute atomic E-state index is 0.116. The van der Waals surface area contributed by atoms with Crippen LogP contribution in [0.2, 0.25) is 0 Å². The lowest BCUT2D eigenvalue weighted by atomic mass is 9.96. The second-order valence-electron chi connectivity index (χ2n) is 4.44. The number of nitrogens with zero attached hydrogens (tertiary/aromatic N) is 3. The molecule has 2 N–H and O–H groups in total. The van der Waals surface area contributed by atoms with Crippen LogP contribution >= 0.6 is 0 Å². The van der Waals surface area contributed by atoms with Crippen LogP contribution in [0.1, 0.15) is 31.4 Å². The highest BCUT2D eigenvalue weighted by atomic mass is 32.2. The second-order valence-corrected chi connectivity index (χ2v) is 6.70. The van der Waals surface area contributed by atoms with Crippen molar-refractivity contribution in [3.63, 3.8) is 0 Å². The van der Waals surface area contributed by atoms with Gasteiger partial charge in [0.25, 0.3) is 0 Å². The van der Waals surface area contributed by atoms with Gasteiger partial charge in [0, 0.05) is 25.2 Å². The maximum absolute atomic E-state index is 11.9. The molecule has 1 fully saturated rings. The molecule has 1 aliphatic rings. The number of nitrogens with two attached hydrogens (primary N) is 1. The second kappa shape index (κ2) is 5.19. The molecule has 7 heteroatoms. The van der Waals surface area contributed by atoms with E-state index in [1.807, 2.05) is 6.07 Å². The van der Waals surface area contributed by atoms with Gasteiger partial charge in [-0.25, -0.2) is 22.7 Å². The maximum Gasteiger partial charge on any atom is 0.220 e. The predicted molar refractivity (Wildman–Crippen MR) is 69.5 cm³/mol. The molecule has 1 atom stereocenters. The first-order chi connectivity index (χ1) is 8.53. The van der Waals surface area contributed by atoms with Crippen LogP contribution in [0.5, 0.6) is 0 Å². The van der Waals surface area contributed by atoms with Crippen molar-refractivity contribution in [2.75, 3.05) is 24.6 Å². The highest BCUT2D eigenvalue weighted by molar-refractivity contribution is 7.89. The molecule has 2 rings (SSSR count). The zero-order valence-corrected chi connectivity index (χ0v) is 11.2. The van der Waals surface area contributed by atoms with Gasteiger partial charge in [-0.15, -0.1) is 0 Å². The Morgan fingerprint density at radius 1 is 1.56 bits per heavy atom. The zero-order valence-electron chi connectivity index (χ0n) is 10.4. The van der Waals surface area contributed by atoms with Crippen LogP contribution in [-0.2, 0) is 10.0 Å². The van der Waals surface area contributed by atoms with Crippen molar-refractivity contribution < 1.29 is 8.42 Å². The molecule has 0 aliphatic carbocycles. The number of sulfonamides is 1. The average molecular weight is 270 g/mol. The monoisotopic (exact) mass is 270 g/mol. The van der Waals surface area contributed by atoms with Crippen molar-refractivity contribution in [1.82, 2.24) is 14.3 Å². The summed E-state index contributed by atoms with van der Waals surface area (Å²) in [6.07, 6.45) is 3.41. The summed E-state index contributed by atoms with van der Waals surface area (Å²) in [6, 6.07) is 1.81. The Labute approximate surface area is 107 Å². The van der Waals surface area contributed by atoms with Gasteiger partial charge in [-0.2, -0.15) is 0 Å². The standard InChI is InChI=1S/C11H18N4O2S/c1-2-18(16,17)15-7-3-4-9(8-15)10-5-6-13-11(12)14-10/h5-6,9H,2-4,7-8H2,1H3,(H2,12,13,14). The van der Waals surface area contributed by atoms with Crippen LogP contribution < -0.4 is 5.73 Å². The molecule has 100 valence electrons. The molecule has 6 nitrogen and oxygen atoms in total. The first-order valence-corrected chi connectivity index (χ1v) is 7.70. The van der Waals surface area contributed by atoms with E-state index in [1.165, 1.54) is 0 Å². The molecular weight excluding hydrogens is 252 g/mol.